The van der Waals surface area contributed by atoms with Crippen LogP contribution in [0.4, 0.5) is 0 Å². The fraction of sp³-hybridized carbons (Fsp3) is 0.905. The van der Waals surface area contributed by atoms with E-state index in [0.29, 0.717) is 32.5 Å². The number of carbonyl (C=O) groups is 2. The molecule has 6 heteroatoms. The molecular formula is C21H38Br2O4. The van der Waals surface area contributed by atoms with Crippen molar-refractivity contribution in [3.05, 3.63) is 0 Å². The van der Waals surface area contributed by atoms with Crippen LogP contribution in [-0.4, -0.2) is 33.8 Å². The summed E-state index contributed by atoms with van der Waals surface area (Å²) >= 11 is 6.99. The molecule has 0 rings (SSSR count). The van der Waals surface area contributed by atoms with E-state index in [-0.39, 0.29) is 11.9 Å². The lowest BCUT2D eigenvalue weighted by atomic mass is 9.98. The number of hydrogen-bond donors (Lipinski definition) is 0. The zero-order chi connectivity index (χ0) is 20.8. The van der Waals surface area contributed by atoms with Crippen LogP contribution in [-0.2, 0) is 19.1 Å². The lowest BCUT2D eigenvalue weighted by Crippen LogP contribution is -2.34. The largest absolute Gasteiger partial charge is 0.465 e. The molecule has 2 atom stereocenters. The maximum Gasteiger partial charge on any atom is 0.322 e. The Labute approximate surface area is 182 Å². The standard InChI is InChI=1S/C21H38Br2O4/c1-5-7-9-11-16-26-18(24)20(3,22)14-13-15-21(4,23)19(25)27-17-12-10-8-6-2/h5-17H2,1-4H3. The van der Waals surface area contributed by atoms with Crippen LogP contribution in [0.15, 0.2) is 0 Å². The number of alkyl halides is 2. The van der Waals surface area contributed by atoms with Gasteiger partial charge in [0.05, 0.1) is 13.2 Å². The molecule has 0 aromatic heterocycles. The molecule has 0 aromatic rings. The van der Waals surface area contributed by atoms with E-state index in [0.717, 1.165) is 38.5 Å². The van der Waals surface area contributed by atoms with Crippen molar-refractivity contribution in [2.45, 2.75) is 107 Å². The van der Waals surface area contributed by atoms with Crippen LogP contribution in [0.25, 0.3) is 0 Å². The second kappa shape index (κ2) is 14.8. The molecule has 0 amide bonds. The highest BCUT2D eigenvalue weighted by atomic mass is 79.9. The molecule has 0 heterocycles. The van der Waals surface area contributed by atoms with E-state index in [1.54, 1.807) is 0 Å². The van der Waals surface area contributed by atoms with Gasteiger partial charge in [0.25, 0.3) is 0 Å². The molecule has 0 saturated heterocycles. The van der Waals surface area contributed by atoms with Crippen LogP contribution in [0.5, 0.6) is 0 Å². The number of esters is 2. The Bertz CT molecular complexity index is 384. The minimum atomic E-state index is -0.717. The SMILES string of the molecule is CCCCCCOC(=O)C(C)(Br)CCCC(C)(Br)C(=O)OCCCCCC. The second-order valence-electron chi connectivity index (χ2n) is 7.64. The molecule has 0 fully saturated rings. The molecule has 0 N–H and O–H groups in total. The highest BCUT2D eigenvalue weighted by Crippen LogP contribution is 2.31. The molecule has 0 aromatic carbocycles. The Kier molecular flexibility index (Phi) is 14.8. The van der Waals surface area contributed by atoms with Crippen LogP contribution >= 0.6 is 31.9 Å². The minimum Gasteiger partial charge on any atom is -0.465 e. The summed E-state index contributed by atoms with van der Waals surface area (Å²) in [6.07, 6.45) is 10.6. The molecule has 0 aliphatic carbocycles. The molecule has 0 radical (unpaired) electrons. The Morgan fingerprint density at radius 2 is 1.04 bits per heavy atom. The second-order valence-corrected chi connectivity index (χ2v) is 11.1. The summed E-state index contributed by atoms with van der Waals surface area (Å²) in [5.41, 5.74) is 0. The first-order chi connectivity index (χ1) is 12.7. The maximum absolute atomic E-state index is 12.2. The number of halogens is 2. The lowest BCUT2D eigenvalue weighted by molar-refractivity contribution is -0.146. The first kappa shape index (κ1) is 26.9. The van der Waals surface area contributed by atoms with E-state index in [1.165, 1.54) is 12.8 Å². The first-order valence-electron chi connectivity index (χ1n) is 10.4. The van der Waals surface area contributed by atoms with Gasteiger partial charge >= 0.3 is 11.9 Å². The van der Waals surface area contributed by atoms with Crippen molar-refractivity contribution in [3.8, 4) is 0 Å². The average Bonchev–Trinajstić information content (AvgIpc) is 2.60. The summed E-state index contributed by atoms with van der Waals surface area (Å²) in [6.45, 7) is 8.92. The van der Waals surface area contributed by atoms with E-state index >= 15 is 0 Å². The Morgan fingerprint density at radius 3 is 1.37 bits per heavy atom. The summed E-state index contributed by atoms with van der Waals surface area (Å²) < 4.78 is 9.32. The van der Waals surface area contributed by atoms with Gasteiger partial charge in [-0.05, 0) is 46.0 Å². The Balaban J connectivity index is 4.13. The first-order valence-corrected chi connectivity index (χ1v) is 12.0. The van der Waals surface area contributed by atoms with Crippen LogP contribution < -0.4 is 0 Å². The van der Waals surface area contributed by atoms with E-state index < -0.39 is 8.65 Å². The monoisotopic (exact) mass is 512 g/mol. The molecule has 160 valence electrons. The van der Waals surface area contributed by atoms with E-state index in [2.05, 4.69) is 45.7 Å². The minimum absolute atomic E-state index is 0.228. The third-order valence-electron chi connectivity index (χ3n) is 4.61. The topological polar surface area (TPSA) is 52.6 Å². The Hall–Kier alpha value is -0.100. The quantitative estimate of drug-likeness (QED) is 0.131. The molecule has 0 spiro atoms. The fourth-order valence-electron chi connectivity index (χ4n) is 2.64. The normalized spacial score (nSPS) is 15.6. The van der Waals surface area contributed by atoms with Crippen LogP contribution in [0.2, 0.25) is 0 Å². The number of ether oxygens (including phenoxy) is 2. The van der Waals surface area contributed by atoms with Crippen molar-refractivity contribution >= 4 is 43.8 Å². The molecule has 4 nitrogen and oxygen atoms in total. The van der Waals surface area contributed by atoms with Gasteiger partial charge in [-0.25, -0.2) is 0 Å². The summed E-state index contributed by atoms with van der Waals surface area (Å²) in [5.74, 6) is -0.456. The zero-order valence-electron chi connectivity index (χ0n) is 17.6. The van der Waals surface area contributed by atoms with Gasteiger partial charge in [-0.2, -0.15) is 0 Å². The molecule has 2 unspecified atom stereocenters. The predicted molar refractivity (Wildman–Crippen MR) is 119 cm³/mol. The highest BCUT2D eigenvalue weighted by molar-refractivity contribution is 9.10. The van der Waals surface area contributed by atoms with Crippen molar-refractivity contribution < 1.29 is 19.1 Å². The van der Waals surface area contributed by atoms with E-state index in [4.69, 9.17) is 9.47 Å². The molecule has 0 saturated carbocycles. The van der Waals surface area contributed by atoms with Gasteiger partial charge in [-0.1, -0.05) is 84.2 Å². The smallest absolute Gasteiger partial charge is 0.322 e. The lowest BCUT2D eigenvalue weighted by Gasteiger charge is -2.24. The van der Waals surface area contributed by atoms with Gasteiger partial charge in [-0.3, -0.25) is 9.59 Å². The summed E-state index contributed by atoms with van der Waals surface area (Å²) in [4.78, 5) is 24.5. The predicted octanol–water partition coefficient (Wildman–Crippen LogP) is 6.71. The van der Waals surface area contributed by atoms with Crippen LogP contribution in [0.1, 0.15) is 98.3 Å². The van der Waals surface area contributed by atoms with E-state index in [9.17, 15) is 9.59 Å². The van der Waals surface area contributed by atoms with Crippen molar-refractivity contribution in [3.63, 3.8) is 0 Å². The third-order valence-corrected chi connectivity index (χ3v) is 6.05. The molecule has 0 aliphatic rings. The van der Waals surface area contributed by atoms with Crippen molar-refractivity contribution in [2.75, 3.05) is 13.2 Å². The number of hydrogen-bond acceptors (Lipinski definition) is 4. The molecule has 0 bridgehead atoms. The van der Waals surface area contributed by atoms with Gasteiger partial charge in [0.15, 0.2) is 0 Å². The summed E-state index contributed by atoms with van der Waals surface area (Å²) in [7, 11) is 0. The summed E-state index contributed by atoms with van der Waals surface area (Å²) in [5, 5.41) is 0. The zero-order valence-corrected chi connectivity index (χ0v) is 20.8. The molecular weight excluding hydrogens is 476 g/mol. The van der Waals surface area contributed by atoms with Crippen LogP contribution in [0, 0.1) is 0 Å². The van der Waals surface area contributed by atoms with Gasteiger partial charge in [0.2, 0.25) is 0 Å². The highest BCUT2D eigenvalue weighted by Gasteiger charge is 2.35. The van der Waals surface area contributed by atoms with Gasteiger partial charge < -0.3 is 9.47 Å². The Morgan fingerprint density at radius 1 is 0.667 bits per heavy atom. The van der Waals surface area contributed by atoms with Crippen molar-refractivity contribution in [1.29, 1.82) is 0 Å². The van der Waals surface area contributed by atoms with Crippen LogP contribution in [0.3, 0.4) is 0 Å². The average molecular weight is 514 g/mol. The third kappa shape index (κ3) is 12.9. The van der Waals surface area contributed by atoms with E-state index in [1.807, 2.05) is 13.8 Å². The van der Waals surface area contributed by atoms with Crippen molar-refractivity contribution in [1.82, 2.24) is 0 Å². The fourth-order valence-corrected chi connectivity index (χ4v) is 3.43. The number of carbonyl (C=O) groups excluding carboxylic acids is 2. The van der Waals surface area contributed by atoms with Gasteiger partial charge in [-0.15, -0.1) is 0 Å². The van der Waals surface area contributed by atoms with Crippen molar-refractivity contribution in [2.24, 2.45) is 0 Å². The molecule has 0 aliphatic heterocycles. The summed E-state index contributed by atoms with van der Waals surface area (Å²) in [6, 6.07) is 0. The number of rotatable bonds is 16. The molecule has 27 heavy (non-hydrogen) atoms. The van der Waals surface area contributed by atoms with Gasteiger partial charge in [0, 0.05) is 0 Å². The maximum atomic E-state index is 12.2. The number of unbranched alkanes of at least 4 members (excludes halogenated alkanes) is 6. The van der Waals surface area contributed by atoms with Gasteiger partial charge in [0.1, 0.15) is 8.65 Å².